The summed E-state index contributed by atoms with van der Waals surface area (Å²) in [5.74, 6) is 0. The second kappa shape index (κ2) is 7.02. The molecule has 88 valence electrons. The van der Waals surface area contributed by atoms with E-state index in [1.54, 1.807) is 0 Å². The third-order valence-corrected chi connectivity index (χ3v) is 3.44. The molecule has 0 amide bonds. The fourth-order valence-corrected chi connectivity index (χ4v) is 2.55. The highest BCUT2D eigenvalue weighted by atomic mass is 15.2. The van der Waals surface area contributed by atoms with Gasteiger partial charge in [-0.3, -0.25) is 4.90 Å². The summed E-state index contributed by atoms with van der Waals surface area (Å²) in [4.78, 5) is 2.68. The van der Waals surface area contributed by atoms with Crippen molar-refractivity contribution in [1.29, 1.82) is 0 Å². The van der Waals surface area contributed by atoms with Gasteiger partial charge in [-0.25, -0.2) is 0 Å². The molecule has 0 radical (unpaired) electrons. The van der Waals surface area contributed by atoms with Crippen molar-refractivity contribution >= 4 is 0 Å². The fourth-order valence-electron chi connectivity index (χ4n) is 2.55. The molecule has 0 aromatic heterocycles. The first kappa shape index (κ1) is 12.7. The van der Waals surface area contributed by atoms with E-state index in [2.05, 4.69) is 30.6 Å². The summed E-state index contributed by atoms with van der Waals surface area (Å²) in [6.45, 7) is 11.7. The smallest absolute Gasteiger partial charge is 0.0195 e. The van der Waals surface area contributed by atoms with Crippen LogP contribution in [0.3, 0.4) is 0 Å². The summed E-state index contributed by atoms with van der Waals surface area (Å²) in [6.07, 6.45) is 7.42. The van der Waals surface area contributed by atoms with E-state index in [0.29, 0.717) is 6.04 Å². The predicted octanol–water partition coefficient (Wildman–Crippen LogP) is 2.42. The first-order valence-corrected chi connectivity index (χ1v) is 6.37. The lowest BCUT2D eigenvalue weighted by atomic mass is 9.98. The second-order valence-electron chi connectivity index (χ2n) is 4.59. The number of rotatable bonds is 6. The van der Waals surface area contributed by atoms with Gasteiger partial charge in [0.1, 0.15) is 0 Å². The molecule has 1 aliphatic heterocycles. The van der Waals surface area contributed by atoms with Gasteiger partial charge in [-0.2, -0.15) is 0 Å². The van der Waals surface area contributed by atoms with Crippen LogP contribution >= 0.6 is 0 Å². The van der Waals surface area contributed by atoms with Crippen LogP contribution in [0.4, 0.5) is 0 Å². The maximum absolute atomic E-state index is 3.73. The largest absolute Gasteiger partial charge is 0.312 e. The van der Waals surface area contributed by atoms with Gasteiger partial charge < -0.3 is 5.32 Å². The van der Waals surface area contributed by atoms with Gasteiger partial charge in [-0.1, -0.05) is 19.4 Å². The number of hydrogen-bond acceptors (Lipinski definition) is 2. The van der Waals surface area contributed by atoms with Gasteiger partial charge in [-0.05, 0) is 32.7 Å². The Balaban J connectivity index is 2.33. The average Bonchev–Trinajstić information content (AvgIpc) is 2.29. The van der Waals surface area contributed by atoms with Gasteiger partial charge in [0.2, 0.25) is 0 Å². The van der Waals surface area contributed by atoms with Gasteiger partial charge in [0.25, 0.3) is 0 Å². The first-order valence-electron chi connectivity index (χ1n) is 6.37. The van der Waals surface area contributed by atoms with E-state index in [4.69, 9.17) is 0 Å². The lowest BCUT2D eigenvalue weighted by Gasteiger charge is -2.39. The van der Waals surface area contributed by atoms with Crippen LogP contribution in [-0.2, 0) is 0 Å². The molecule has 0 aromatic carbocycles. The Morgan fingerprint density at radius 3 is 3.00 bits per heavy atom. The molecular weight excluding hydrogens is 184 g/mol. The molecule has 0 spiro atoms. The Hall–Kier alpha value is -0.340. The number of nitrogens with zero attached hydrogens (tertiary/aromatic N) is 1. The maximum Gasteiger partial charge on any atom is 0.0195 e. The Morgan fingerprint density at radius 1 is 1.53 bits per heavy atom. The molecule has 1 aliphatic rings. The van der Waals surface area contributed by atoms with Crippen LogP contribution in [0, 0.1) is 0 Å². The van der Waals surface area contributed by atoms with Crippen molar-refractivity contribution in [2.24, 2.45) is 0 Å². The van der Waals surface area contributed by atoms with E-state index in [-0.39, 0.29) is 0 Å². The van der Waals surface area contributed by atoms with Crippen LogP contribution in [0.2, 0.25) is 0 Å². The standard InChI is InChI=1S/C13H26N2/c1-4-9-14-11-12(3)15-10-7-6-8-13(15)5-2/h4,12-14H,1,5-11H2,2-3H3. The van der Waals surface area contributed by atoms with Gasteiger partial charge in [0.15, 0.2) is 0 Å². The topological polar surface area (TPSA) is 15.3 Å². The van der Waals surface area contributed by atoms with Gasteiger partial charge in [-0.15, -0.1) is 6.58 Å². The van der Waals surface area contributed by atoms with Crippen LogP contribution in [-0.4, -0.2) is 36.6 Å². The minimum atomic E-state index is 0.662. The molecule has 1 heterocycles. The van der Waals surface area contributed by atoms with Crippen molar-refractivity contribution < 1.29 is 0 Å². The molecule has 0 bridgehead atoms. The van der Waals surface area contributed by atoms with Crippen LogP contribution < -0.4 is 5.32 Å². The minimum absolute atomic E-state index is 0.662. The fraction of sp³-hybridized carbons (Fsp3) is 0.846. The van der Waals surface area contributed by atoms with Gasteiger partial charge in [0.05, 0.1) is 0 Å². The third-order valence-electron chi connectivity index (χ3n) is 3.44. The van der Waals surface area contributed by atoms with Gasteiger partial charge in [0, 0.05) is 25.2 Å². The normalized spacial score (nSPS) is 25.1. The van der Waals surface area contributed by atoms with Crippen LogP contribution in [0.5, 0.6) is 0 Å². The summed E-state index contributed by atoms with van der Waals surface area (Å²) in [7, 11) is 0. The molecule has 0 saturated carbocycles. The molecule has 1 fully saturated rings. The van der Waals surface area contributed by atoms with E-state index in [9.17, 15) is 0 Å². The molecule has 0 aliphatic carbocycles. The molecule has 1 N–H and O–H groups in total. The SMILES string of the molecule is C=CCNCC(C)N1CCCCC1CC. The quantitative estimate of drug-likeness (QED) is 0.535. The van der Waals surface area contributed by atoms with Crippen LogP contribution in [0.1, 0.15) is 39.5 Å². The highest BCUT2D eigenvalue weighted by Gasteiger charge is 2.24. The zero-order valence-electron chi connectivity index (χ0n) is 10.3. The Bertz CT molecular complexity index is 179. The average molecular weight is 210 g/mol. The number of nitrogens with one attached hydrogen (secondary N) is 1. The second-order valence-corrected chi connectivity index (χ2v) is 4.59. The van der Waals surface area contributed by atoms with Crippen molar-refractivity contribution in [2.75, 3.05) is 19.6 Å². The lowest BCUT2D eigenvalue weighted by molar-refractivity contribution is 0.0998. The van der Waals surface area contributed by atoms with Gasteiger partial charge >= 0.3 is 0 Å². The van der Waals surface area contributed by atoms with Crippen molar-refractivity contribution in [3.05, 3.63) is 12.7 Å². The Labute approximate surface area is 94.7 Å². The maximum atomic E-state index is 3.73. The predicted molar refractivity (Wildman–Crippen MR) is 67.2 cm³/mol. The number of piperidine rings is 1. The molecule has 2 nitrogen and oxygen atoms in total. The number of likely N-dealkylation sites (tertiary alicyclic amines) is 1. The highest BCUT2D eigenvalue weighted by Crippen LogP contribution is 2.21. The molecular formula is C13H26N2. The zero-order chi connectivity index (χ0) is 11.1. The molecule has 2 heteroatoms. The molecule has 0 aromatic rings. The lowest BCUT2D eigenvalue weighted by Crippen LogP contribution is -2.48. The van der Waals surface area contributed by atoms with E-state index >= 15 is 0 Å². The summed E-state index contributed by atoms with van der Waals surface area (Å²) < 4.78 is 0. The van der Waals surface area contributed by atoms with Crippen LogP contribution in [0.15, 0.2) is 12.7 Å². The van der Waals surface area contributed by atoms with Crippen molar-refractivity contribution in [3.8, 4) is 0 Å². The van der Waals surface area contributed by atoms with E-state index in [1.807, 2.05) is 6.08 Å². The third kappa shape index (κ3) is 3.96. The van der Waals surface area contributed by atoms with E-state index < -0.39 is 0 Å². The molecule has 2 unspecified atom stereocenters. The summed E-state index contributed by atoms with van der Waals surface area (Å²) in [6, 6.07) is 1.48. The highest BCUT2D eigenvalue weighted by molar-refractivity contribution is 4.82. The van der Waals surface area contributed by atoms with Crippen molar-refractivity contribution in [3.63, 3.8) is 0 Å². The summed E-state index contributed by atoms with van der Waals surface area (Å²) in [5, 5.41) is 3.42. The Morgan fingerprint density at radius 2 is 2.33 bits per heavy atom. The van der Waals surface area contributed by atoms with Crippen LogP contribution in [0.25, 0.3) is 0 Å². The minimum Gasteiger partial charge on any atom is -0.312 e. The Kier molecular flexibility index (Phi) is 5.96. The summed E-state index contributed by atoms with van der Waals surface area (Å²) in [5.41, 5.74) is 0. The van der Waals surface area contributed by atoms with E-state index in [0.717, 1.165) is 19.1 Å². The first-order chi connectivity index (χ1) is 7.29. The molecule has 1 saturated heterocycles. The zero-order valence-corrected chi connectivity index (χ0v) is 10.3. The summed E-state index contributed by atoms with van der Waals surface area (Å²) >= 11 is 0. The number of hydrogen-bond donors (Lipinski definition) is 1. The van der Waals surface area contributed by atoms with Crippen molar-refractivity contribution in [1.82, 2.24) is 10.2 Å². The molecule has 15 heavy (non-hydrogen) atoms. The monoisotopic (exact) mass is 210 g/mol. The molecule has 2 atom stereocenters. The molecule has 1 rings (SSSR count). The van der Waals surface area contributed by atoms with Crippen molar-refractivity contribution in [2.45, 2.75) is 51.6 Å². The van der Waals surface area contributed by atoms with E-state index in [1.165, 1.54) is 32.2 Å².